The van der Waals surface area contributed by atoms with E-state index in [0.717, 1.165) is 50.5 Å². The number of hydrogen-bond donors (Lipinski definition) is 2. The second-order valence-corrected chi connectivity index (χ2v) is 12.3. The lowest BCUT2D eigenvalue weighted by molar-refractivity contribution is -0.125. The van der Waals surface area contributed by atoms with Gasteiger partial charge in [-0.25, -0.2) is 4.39 Å². The van der Waals surface area contributed by atoms with Gasteiger partial charge in [-0.15, -0.1) is 0 Å². The van der Waals surface area contributed by atoms with Gasteiger partial charge < -0.3 is 5.32 Å². The van der Waals surface area contributed by atoms with E-state index in [9.17, 15) is 9.59 Å². The highest BCUT2D eigenvalue weighted by Gasteiger charge is 2.73. The van der Waals surface area contributed by atoms with E-state index in [1.807, 2.05) is 6.07 Å². The molecule has 190 valence electrons. The summed E-state index contributed by atoms with van der Waals surface area (Å²) in [6.07, 6.45) is 7.21. The fourth-order valence-corrected chi connectivity index (χ4v) is 7.94. The van der Waals surface area contributed by atoms with E-state index in [1.54, 1.807) is 24.3 Å². The van der Waals surface area contributed by atoms with Gasteiger partial charge in [0, 0.05) is 28.6 Å². The predicted octanol–water partition coefficient (Wildman–Crippen LogP) is 6.79. The number of carbonyl (C=O) groups is 2. The van der Waals surface area contributed by atoms with Crippen molar-refractivity contribution in [3.05, 3.63) is 63.4 Å². The Bertz CT molecular complexity index is 1240. The normalized spacial score (nSPS) is 32.4. The van der Waals surface area contributed by atoms with Gasteiger partial charge in [-0.1, -0.05) is 61.2 Å². The van der Waals surface area contributed by atoms with Crippen molar-refractivity contribution < 1.29 is 14.0 Å². The number of fused-ring (bicyclic) bond motifs is 3. The number of carbonyl (C=O) groups excluding carboxylic acids is 2. The number of nitrogens with one attached hydrogen (secondary N) is 2. The molecule has 2 aromatic carbocycles. The zero-order chi connectivity index (χ0) is 25.2. The van der Waals surface area contributed by atoms with Crippen LogP contribution >= 0.6 is 23.2 Å². The third kappa shape index (κ3) is 3.42. The summed E-state index contributed by atoms with van der Waals surface area (Å²) in [6, 6.07) is 9.64. The molecule has 1 saturated heterocycles. The minimum Gasteiger partial charge on any atom is -0.325 e. The van der Waals surface area contributed by atoms with Crippen LogP contribution in [0.4, 0.5) is 10.1 Å². The van der Waals surface area contributed by atoms with Crippen LogP contribution < -0.4 is 10.6 Å². The molecule has 0 unspecified atom stereocenters. The fraction of sp³-hybridized carbons (Fsp3) is 0.517. The Labute approximate surface area is 221 Å². The number of halogens is 3. The molecule has 0 aromatic heterocycles. The molecular formula is C29H31Cl2FN2O2. The minimum atomic E-state index is -1.13. The topological polar surface area (TPSA) is 58.2 Å². The van der Waals surface area contributed by atoms with Gasteiger partial charge in [0.05, 0.1) is 11.1 Å². The largest absolute Gasteiger partial charge is 0.325 e. The molecule has 0 radical (unpaired) electrons. The van der Waals surface area contributed by atoms with E-state index in [2.05, 4.69) is 17.6 Å². The highest BCUT2D eigenvalue weighted by atomic mass is 35.5. The van der Waals surface area contributed by atoms with Gasteiger partial charge in [-0.2, -0.15) is 0 Å². The first-order valence-electron chi connectivity index (χ1n) is 13.1. The van der Waals surface area contributed by atoms with Gasteiger partial charge in [0.1, 0.15) is 11.2 Å². The average molecular weight is 529 g/mol. The van der Waals surface area contributed by atoms with Crippen LogP contribution in [0.2, 0.25) is 10.0 Å². The third-order valence-corrected chi connectivity index (χ3v) is 10.0. The van der Waals surface area contributed by atoms with Crippen molar-refractivity contribution in [2.45, 2.75) is 81.2 Å². The molecule has 2 aromatic rings. The Morgan fingerprint density at radius 2 is 1.86 bits per heavy atom. The molecule has 1 amide bonds. The lowest BCUT2D eigenvalue weighted by Gasteiger charge is -2.50. The van der Waals surface area contributed by atoms with Crippen molar-refractivity contribution in [2.24, 2.45) is 11.8 Å². The first-order valence-corrected chi connectivity index (χ1v) is 13.9. The molecule has 4 aliphatic rings. The smallest absolute Gasteiger partial charge is 0.237 e. The van der Waals surface area contributed by atoms with Gasteiger partial charge in [0.25, 0.3) is 0 Å². The van der Waals surface area contributed by atoms with Crippen LogP contribution in [0, 0.1) is 17.7 Å². The van der Waals surface area contributed by atoms with Gasteiger partial charge in [0.2, 0.25) is 5.91 Å². The summed E-state index contributed by atoms with van der Waals surface area (Å²) < 4.78 is 15.7. The van der Waals surface area contributed by atoms with E-state index in [0.29, 0.717) is 34.5 Å². The molecule has 2 aliphatic carbocycles. The van der Waals surface area contributed by atoms with Crippen LogP contribution in [0.5, 0.6) is 0 Å². The molecular weight excluding hydrogens is 498 g/mol. The minimum absolute atomic E-state index is 0.000545. The number of rotatable bonds is 4. The Kier molecular flexibility index (Phi) is 5.97. The van der Waals surface area contributed by atoms with E-state index in [1.165, 1.54) is 6.07 Å². The molecule has 2 N–H and O–H groups in total. The number of anilines is 1. The van der Waals surface area contributed by atoms with E-state index >= 15 is 4.39 Å². The molecule has 2 spiro atoms. The Balaban J connectivity index is 1.50. The summed E-state index contributed by atoms with van der Waals surface area (Å²) in [4.78, 5) is 28.1. The third-order valence-electron chi connectivity index (χ3n) is 9.50. The standard InChI is InChI=1S/C29H31Cl2FN2O2/c1-16-6-8-17(9-7-16)14-23(35)26-24(19-4-2-5-21(31)25(19)32)29(28(34-26)12-3-13-28)20-11-10-18(30)15-22(20)33-27(29)36/h2,4-5,10-11,15-17,24,26,34H,3,6-9,12-14H2,1H3,(H,33,36)/t16?,17?,24-,26-,29+/m0/s1. The van der Waals surface area contributed by atoms with Crippen LogP contribution in [-0.4, -0.2) is 23.3 Å². The van der Waals surface area contributed by atoms with E-state index in [-0.39, 0.29) is 16.7 Å². The summed E-state index contributed by atoms with van der Waals surface area (Å²) in [6.45, 7) is 2.26. The second kappa shape index (κ2) is 8.82. The summed E-state index contributed by atoms with van der Waals surface area (Å²) in [5.41, 5.74) is -0.000251. The van der Waals surface area contributed by atoms with Crippen molar-refractivity contribution in [1.82, 2.24) is 5.32 Å². The molecule has 2 aliphatic heterocycles. The molecule has 36 heavy (non-hydrogen) atoms. The van der Waals surface area contributed by atoms with Gasteiger partial charge in [-0.3, -0.25) is 14.9 Å². The zero-order valence-electron chi connectivity index (χ0n) is 20.4. The van der Waals surface area contributed by atoms with E-state index in [4.69, 9.17) is 23.2 Å². The molecule has 2 saturated carbocycles. The molecule has 7 heteroatoms. The average Bonchev–Trinajstić information content (AvgIpc) is 3.30. The molecule has 2 heterocycles. The summed E-state index contributed by atoms with van der Waals surface area (Å²) in [5, 5.41) is 7.22. The number of amides is 1. The van der Waals surface area contributed by atoms with Gasteiger partial charge in [0.15, 0.2) is 5.78 Å². The summed E-state index contributed by atoms with van der Waals surface area (Å²) in [5.74, 6) is -0.371. The lowest BCUT2D eigenvalue weighted by atomic mass is 9.53. The molecule has 4 nitrogen and oxygen atoms in total. The first-order chi connectivity index (χ1) is 17.3. The molecule has 3 fully saturated rings. The first kappa shape index (κ1) is 24.4. The fourth-order valence-electron chi connectivity index (χ4n) is 7.59. The van der Waals surface area contributed by atoms with Crippen LogP contribution in [0.3, 0.4) is 0 Å². The Hall–Kier alpha value is -1.95. The number of ketones is 1. The van der Waals surface area contributed by atoms with Crippen LogP contribution in [0.15, 0.2) is 36.4 Å². The van der Waals surface area contributed by atoms with Gasteiger partial charge in [-0.05, 0) is 73.3 Å². The number of benzene rings is 2. The second-order valence-electron chi connectivity index (χ2n) is 11.4. The Morgan fingerprint density at radius 3 is 2.56 bits per heavy atom. The maximum Gasteiger partial charge on any atom is 0.237 e. The maximum atomic E-state index is 15.7. The van der Waals surface area contributed by atoms with Gasteiger partial charge >= 0.3 is 0 Å². The monoisotopic (exact) mass is 528 g/mol. The van der Waals surface area contributed by atoms with Crippen molar-refractivity contribution in [1.29, 1.82) is 0 Å². The quantitative estimate of drug-likeness (QED) is 0.459. The lowest BCUT2D eigenvalue weighted by Crippen LogP contribution is -2.63. The van der Waals surface area contributed by atoms with Crippen molar-refractivity contribution in [3.63, 3.8) is 0 Å². The van der Waals surface area contributed by atoms with Crippen molar-refractivity contribution >= 4 is 40.6 Å². The maximum absolute atomic E-state index is 15.7. The number of hydrogen-bond acceptors (Lipinski definition) is 3. The van der Waals surface area contributed by atoms with Crippen LogP contribution in [0.25, 0.3) is 0 Å². The molecule has 3 atom stereocenters. The highest BCUT2D eigenvalue weighted by Crippen LogP contribution is 2.64. The van der Waals surface area contributed by atoms with E-state index < -0.39 is 28.7 Å². The molecule has 6 rings (SSSR count). The summed E-state index contributed by atoms with van der Waals surface area (Å²) in [7, 11) is 0. The SMILES string of the molecule is CC1CCC(CC(=O)[C@@H]2NC3(CCC3)[C@@]3(C(=O)Nc4cc(Cl)ccc43)[C@H]2c2cccc(Cl)c2F)CC1. The van der Waals surface area contributed by atoms with Crippen LogP contribution in [0.1, 0.15) is 75.3 Å². The Morgan fingerprint density at radius 1 is 1.11 bits per heavy atom. The molecule has 0 bridgehead atoms. The van der Waals surface area contributed by atoms with Crippen LogP contribution in [-0.2, 0) is 15.0 Å². The van der Waals surface area contributed by atoms with Crippen molar-refractivity contribution in [2.75, 3.05) is 5.32 Å². The van der Waals surface area contributed by atoms with Crippen molar-refractivity contribution in [3.8, 4) is 0 Å². The summed E-state index contributed by atoms with van der Waals surface area (Å²) >= 11 is 12.5. The zero-order valence-corrected chi connectivity index (χ0v) is 21.9. The number of Topliss-reactive ketones (excluding diaryl/α,β-unsaturated/α-hetero) is 1. The highest BCUT2D eigenvalue weighted by molar-refractivity contribution is 6.31. The predicted molar refractivity (Wildman–Crippen MR) is 140 cm³/mol.